The van der Waals surface area contributed by atoms with Crippen LogP contribution in [0.5, 0.6) is 0 Å². The molecule has 1 N–H and O–H groups in total. The minimum atomic E-state index is -0.429. The normalized spacial score (nSPS) is 12.7. The molecule has 1 unspecified atom stereocenters. The average Bonchev–Trinajstić information content (AvgIpc) is 2.66. The Morgan fingerprint density at radius 1 is 1.31 bits per heavy atom. The molecule has 3 heteroatoms. The maximum Gasteiger partial charge on any atom is 0.0911 e. The van der Waals surface area contributed by atoms with Gasteiger partial charge in [-0.15, -0.1) is 0 Å². The third kappa shape index (κ3) is 2.54. The number of nitrogens with zero attached hydrogens (tertiary/aromatic N) is 1. The van der Waals surface area contributed by atoms with Crippen molar-refractivity contribution in [3.05, 3.63) is 58.3 Å². The Labute approximate surface area is 104 Å². The summed E-state index contributed by atoms with van der Waals surface area (Å²) in [5.74, 6) is 0. The van der Waals surface area contributed by atoms with E-state index in [1.165, 1.54) is 5.56 Å². The van der Waals surface area contributed by atoms with Crippen LogP contribution in [-0.2, 0) is 6.54 Å². The lowest BCUT2D eigenvalue weighted by atomic mass is 10.2. The third-order valence-electron chi connectivity index (χ3n) is 2.53. The Kier molecular flexibility index (Phi) is 3.46. The molecule has 0 spiro atoms. The summed E-state index contributed by atoms with van der Waals surface area (Å²) in [5, 5.41) is 9.60. The van der Waals surface area contributed by atoms with E-state index in [1.807, 2.05) is 30.5 Å². The second-order valence-corrected chi connectivity index (χ2v) is 4.78. The zero-order valence-electron chi connectivity index (χ0n) is 9.10. The van der Waals surface area contributed by atoms with Crippen molar-refractivity contribution in [2.45, 2.75) is 19.6 Å². The highest BCUT2D eigenvalue weighted by Gasteiger charge is 2.06. The molecule has 0 aliphatic heterocycles. The fraction of sp³-hybridized carbons (Fsp3) is 0.231. The summed E-state index contributed by atoms with van der Waals surface area (Å²) in [4.78, 5) is 0. The van der Waals surface area contributed by atoms with Crippen LogP contribution in [0.2, 0.25) is 0 Å². The summed E-state index contributed by atoms with van der Waals surface area (Å²) in [6.07, 6.45) is 1.56. The number of hydrogen-bond acceptors (Lipinski definition) is 1. The average molecular weight is 280 g/mol. The van der Waals surface area contributed by atoms with Gasteiger partial charge < -0.3 is 9.67 Å². The van der Waals surface area contributed by atoms with E-state index < -0.39 is 6.10 Å². The van der Waals surface area contributed by atoms with Crippen molar-refractivity contribution < 1.29 is 5.11 Å². The SMILES string of the molecule is CC(O)c1cccn1Cc1cccc(Br)c1. The van der Waals surface area contributed by atoms with E-state index in [-0.39, 0.29) is 0 Å². The van der Waals surface area contributed by atoms with E-state index >= 15 is 0 Å². The monoisotopic (exact) mass is 279 g/mol. The van der Waals surface area contributed by atoms with Gasteiger partial charge >= 0.3 is 0 Å². The second-order valence-electron chi connectivity index (χ2n) is 3.87. The van der Waals surface area contributed by atoms with Crippen LogP contribution in [0, 0.1) is 0 Å². The fourth-order valence-corrected chi connectivity index (χ4v) is 2.23. The minimum Gasteiger partial charge on any atom is -0.387 e. The predicted molar refractivity (Wildman–Crippen MR) is 68.3 cm³/mol. The van der Waals surface area contributed by atoms with E-state index in [9.17, 15) is 5.11 Å². The number of benzene rings is 1. The van der Waals surface area contributed by atoms with Gasteiger partial charge in [-0.1, -0.05) is 28.1 Å². The lowest BCUT2D eigenvalue weighted by Crippen LogP contribution is -2.05. The maximum absolute atomic E-state index is 9.60. The third-order valence-corrected chi connectivity index (χ3v) is 3.03. The van der Waals surface area contributed by atoms with E-state index in [4.69, 9.17) is 0 Å². The van der Waals surface area contributed by atoms with Gasteiger partial charge in [0.1, 0.15) is 0 Å². The number of rotatable bonds is 3. The highest BCUT2D eigenvalue weighted by atomic mass is 79.9. The Bertz CT molecular complexity index is 476. The summed E-state index contributed by atoms with van der Waals surface area (Å²) in [7, 11) is 0. The van der Waals surface area contributed by atoms with Crippen molar-refractivity contribution in [3.63, 3.8) is 0 Å². The van der Waals surface area contributed by atoms with E-state index in [1.54, 1.807) is 6.92 Å². The molecular formula is C13H14BrNO. The molecule has 1 atom stereocenters. The highest BCUT2D eigenvalue weighted by molar-refractivity contribution is 9.10. The molecule has 0 aliphatic carbocycles. The molecule has 0 amide bonds. The molecule has 0 saturated heterocycles. The number of aliphatic hydroxyl groups is 1. The van der Waals surface area contributed by atoms with Crippen LogP contribution >= 0.6 is 15.9 Å². The Morgan fingerprint density at radius 3 is 2.81 bits per heavy atom. The molecular weight excluding hydrogens is 266 g/mol. The largest absolute Gasteiger partial charge is 0.387 e. The van der Waals surface area contributed by atoms with Crippen LogP contribution < -0.4 is 0 Å². The van der Waals surface area contributed by atoms with Crippen molar-refractivity contribution in [2.75, 3.05) is 0 Å². The van der Waals surface area contributed by atoms with Gasteiger partial charge in [0.2, 0.25) is 0 Å². The Morgan fingerprint density at radius 2 is 2.12 bits per heavy atom. The molecule has 2 rings (SSSR count). The Balaban J connectivity index is 2.24. The summed E-state index contributed by atoms with van der Waals surface area (Å²) in [6, 6.07) is 12.1. The molecule has 0 aliphatic rings. The molecule has 84 valence electrons. The fourth-order valence-electron chi connectivity index (χ4n) is 1.78. The zero-order chi connectivity index (χ0) is 11.5. The van der Waals surface area contributed by atoms with Crippen molar-refractivity contribution in [1.29, 1.82) is 0 Å². The Hall–Kier alpha value is -1.06. The summed E-state index contributed by atoms with van der Waals surface area (Å²) < 4.78 is 3.14. The van der Waals surface area contributed by atoms with Crippen LogP contribution in [0.15, 0.2) is 47.1 Å². The lowest BCUT2D eigenvalue weighted by molar-refractivity contribution is 0.190. The van der Waals surface area contributed by atoms with Crippen LogP contribution in [0.1, 0.15) is 24.3 Å². The second kappa shape index (κ2) is 4.85. The van der Waals surface area contributed by atoms with Crippen LogP contribution in [0.4, 0.5) is 0 Å². The number of hydrogen-bond donors (Lipinski definition) is 1. The highest BCUT2D eigenvalue weighted by Crippen LogP contribution is 2.17. The predicted octanol–water partition coefficient (Wildman–Crippen LogP) is 3.35. The van der Waals surface area contributed by atoms with E-state index in [0.717, 1.165) is 16.7 Å². The van der Waals surface area contributed by atoms with E-state index in [2.05, 4.69) is 32.6 Å². The van der Waals surface area contributed by atoms with Crippen LogP contribution in [0.3, 0.4) is 0 Å². The molecule has 0 radical (unpaired) electrons. The summed E-state index contributed by atoms with van der Waals surface area (Å²) in [5.41, 5.74) is 2.16. The number of aliphatic hydroxyl groups excluding tert-OH is 1. The van der Waals surface area contributed by atoms with Crippen molar-refractivity contribution in [1.82, 2.24) is 4.57 Å². The zero-order valence-corrected chi connectivity index (χ0v) is 10.7. The van der Waals surface area contributed by atoms with Gasteiger partial charge in [-0.05, 0) is 36.8 Å². The summed E-state index contributed by atoms with van der Waals surface area (Å²) >= 11 is 3.46. The molecule has 2 aromatic rings. The van der Waals surface area contributed by atoms with Crippen molar-refractivity contribution >= 4 is 15.9 Å². The van der Waals surface area contributed by atoms with Crippen LogP contribution in [0.25, 0.3) is 0 Å². The molecule has 1 aromatic carbocycles. The smallest absolute Gasteiger partial charge is 0.0911 e. The lowest BCUT2D eigenvalue weighted by Gasteiger charge is -2.11. The molecule has 1 heterocycles. The van der Waals surface area contributed by atoms with Gasteiger partial charge in [0.25, 0.3) is 0 Å². The molecule has 1 aromatic heterocycles. The first-order valence-corrected chi connectivity index (χ1v) is 6.03. The maximum atomic E-state index is 9.60. The van der Waals surface area contributed by atoms with Gasteiger partial charge in [-0.2, -0.15) is 0 Å². The van der Waals surface area contributed by atoms with Crippen LogP contribution in [-0.4, -0.2) is 9.67 Å². The van der Waals surface area contributed by atoms with Gasteiger partial charge in [0.05, 0.1) is 6.10 Å². The first-order valence-electron chi connectivity index (χ1n) is 5.24. The standard InChI is InChI=1S/C13H14BrNO/c1-10(16)13-6-3-7-15(13)9-11-4-2-5-12(14)8-11/h2-8,10,16H,9H2,1H3. The van der Waals surface area contributed by atoms with Gasteiger partial charge in [0, 0.05) is 22.9 Å². The first-order chi connectivity index (χ1) is 7.66. The molecule has 0 saturated carbocycles. The minimum absolute atomic E-state index is 0.429. The van der Waals surface area contributed by atoms with Gasteiger partial charge in [-0.3, -0.25) is 0 Å². The van der Waals surface area contributed by atoms with Crippen molar-refractivity contribution in [3.8, 4) is 0 Å². The molecule has 16 heavy (non-hydrogen) atoms. The van der Waals surface area contributed by atoms with Gasteiger partial charge in [0.15, 0.2) is 0 Å². The van der Waals surface area contributed by atoms with Gasteiger partial charge in [-0.25, -0.2) is 0 Å². The first kappa shape index (κ1) is 11.4. The van der Waals surface area contributed by atoms with E-state index in [0.29, 0.717) is 0 Å². The number of halogens is 1. The molecule has 0 fully saturated rings. The molecule has 2 nitrogen and oxygen atoms in total. The topological polar surface area (TPSA) is 25.2 Å². The molecule has 0 bridgehead atoms. The number of aromatic nitrogens is 1. The summed E-state index contributed by atoms with van der Waals surface area (Å²) in [6.45, 7) is 2.57. The quantitative estimate of drug-likeness (QED) is 0.916. The van der Waals surface area contributed by atoms with Crippen molar-refractivity contribution in [2.24, 2.45) is 0 Å².